The largest absolute Gasteiger partial charge is 0.508 e. The summed E-state index contributed by atoms with van der Waals surface area (Å²) in [6.07, 6.45) is 3.97. The summed E-state index contributed by atoms with van der Waals surface area (Å²) >= 11 is 0. The van der Waals surface area contributed by atoms with Crippen molar-refractivity contribution in [2.75, 3.05) is 6.54 Å². The molecule has 0 heterocycles. The van der Waals surface area contributed by atoms with Crippen molar-refractivity contribution < 1.29 is 14.7 Å². The number of nitrogens with zero attached hydrogens (tertiary/aromatic N) is 1. The molecular weight excluding hydrogens is 256 g/mol. The number of carbonyl (C=O) groups is 2. The molecule has 1 aromatic carbocycles. The van der Waals surface area contributed by atoms with Crippen LogP contribution in [0.5, 0.6) is 5.75 Å². The van der Waals surface area contributed by atoms with Crippen molar-refractivity contribution in [1.29, 1.82) is 0 Å². The molecule has 0 radical (unpaired) electrons. The van der Waals surface area contributed by atoms with Crippen LogP contribution in [-0.2, 0) is 4.79 Å². The van der Waals surface area contributed by atoms with E-state index in [0.717, 1.165) is 25.7 Å². The van der Waals surface area contributed by atoms with Gasteiger partial charge in [-0.25, -0.2) is 0 Å². The third-order valence-electron chi connectivity index (χ3n) is 3.79. The van der Waals surface area contributed by atoms with Crippen molar-refractivity contribution in [3.05, 3.63) is 29.3 Å². The Morgan fingerprint density at radius 2 is 2.00 bits per heavy atom. The number of phenolic OH excluding ortho intramolecular Hbond substituents is 1. The van der Waals surface area contributed by atoms with Gasteiger partial charge in [-0.3, -0.25) is 9.59 Å². The fraction of sp³-hybridized carbons (Fsp3) is 0.467. The van der Waals surface area contributed by atoms with Crippen LogP contribution in [0.3, 0.4) is 0 Å². The summed E-state index contributed by atoms with van der Waals surface area (Å²) < 4.78 is 0. The fourth-order valence-electron chi connectivity index (χ4n) is 2.79. The minimum Gasteiger partial charge on any atom is -0.508 e. The zero-order valence-corrected chi connectivity index (χ0v) is 11.6. The Balaban J connectivity index is 2.27. The Kier molecular flexibility index (Phi) is 4.27. The lowest BCUT2D eigenvalue weighted by Gasteiger charge is -2.28. The van der Waals surface area contributed by atoms with Crippen LogP contribution in [0.2, 0.25) is 0 Å². The molecule has 20 heavy (non-hydrogen) atoms. The van der Waals surface area contributed by atoms with Gasteiger partial charge in [0.05, 0.1) is 6.54 Å². The highest BCUT2D eigenvalue weighted by Gasteiger charge is 2.29. The number of amides is 2. The molecule has 0 bridgehead atoms. The maximum absolute atomic E-state index is 12.6. The minimum absolute atomic E-state index is 0.0518. The molecule has 0 aliphatic heterocycles. The van der Waals surface area contributed by atoms with E-state index in [-0.39, 0.29) is 24.2 Å². The second-order valence-electron chi connectivity index (χ2n) is 5.34. The van der Waals surface area contributed by atoms with Gasteiger partial charge in [0.2, 0.25) is 5.91 Å². The first-order chi connectivity index (χ1) is 9.49. The van der Waals surface area contributed by atoms with Crippen LogP contribution in [0, 0.1) is 6.92 Å². The Bertz CT molecular complexity index is 522. The van der Waals surface area contributed by atoms with Gasteiger partial charge in [0, 0.05) is 11.6 Å². The molecule has 5 nitrogen and oxygen atoms in total. The van der Waals surface area contributed by atoms with Crippen LogP contribution in [0.15, 0.2) is 18.2 Å². The topological polar surface area (TPSA) is 83.6 Å². The number of primary amides is 1. The third-order valence-corrected chi connectivity index (χ3v) is 3.79. The number of phenols is 1. The van der Waals surface area contributed by atoms with Crippen molar-refractivity contribution in [1.82, 2.24) is 4.90 Å². The Hall–Kier alpha value is -2.04. The van der Waals surface area contributed by atoms with E-state index in [4.69, 9.17) is 5.73 Å². The summed E-state index contributed by atoms with van der Waals surface area (Å²) in [4.78, 5) is 25.4. The van der Waals surface area contributed by atoms with E-state index in [9.17, 15) is 14.7 Å². The summed E-state index contributed by atoms with van der Waals surface area (Å²) in [5, 5.41) is 9.42. The zero-order chi connectivity index (χ0) is 14.7. The second-order valence-corrected chi connectivity index (χ2v) is 5.34. The number of carbonyl (C=O) groups excluding carboxylic acids is 2. The van der Waals surface area contributed by atoms with Crippen LogP contribution in [0.25, 0.3) is 0 Å². The molecule has 1 aliphatic carbocycles. The average molecular weight is 276 g/mol. The number of hydrogen-bond acceptors (Lipinski definition) is 3. The molecule has 3 N–H and O–H groups in total. The molecule has 108 valence electrons. The highest BCUT2D eigenvalue weighted by Crippen LogP contribution is 2.26. The first kappa shape index (κ1) is 14.4. The summed E-state index contributed by atoms with van der Waals surface area (Å²) in [6, 6.07) is 4.71. The lowest BCUT2D eigenvalue weighted by Crippen LogP contribution is -2.44. The number of hydrogen-bond donors (Lipinski definition) is 2. The molecular formula is C15H20N2O3. The summed E-state index contributed by atoms with van der Waals surface area (Å²) in [7, 11) is 0. The molecule has 0 unspecified atom stereocenters. The smallest absolute Gasteiger partial charge is 0.254 e. The molecule has 5 heteroatoms. The molecule has 0 saturated heterocycles. The normalized spacial score (nSPS) is 15.2. The van der Waals surface area contributed by atoms with Crippen LogP contribution in [0.4, 0.5) is 0 Å². The highest BCUT2D eigenvalue weighted by molar-refractivity contribution is 5.98. The van der Waals surface area contributed by atoms with Gasteiger partial charge in [0.15, 0.2) is 0 Å². The van der Waals surface area contributed by atoms with Gasteiger partial charge >= 0.3 is 0 Å². The van der Waals surface area contributed by atoms with E-state index in [1.165, 1.54) is 6.07 Å². The van der Waals surface area contributed by atoms with Gasteiger partial charge in [-0.2, -0.15) is 0 Å². The average Bonchev–Trinajstić information content (AvgIpc) is 2.88. The molecule has 0 aromatic heterocycles. The first-order valence-electron chi connectivity index (χ1n) is 6.88. The van der Waals surface area contributed by atoms with E-state index in [0.29, 0.717) is 11.1 Å². The molecule has 2 amide bonds. The van der Waals surface area contributed by atoms with Crippen molar-refractivity contribution in [2.24, 2.45) is 5.73 Å². The predicted molar refractivity (Wildman–Crippen MR) is 75.3 cm³/mol. The summed E-state index contributed by atoms with van der Waals surface area (Å²) in [5.74, 6) is -0.559. The van der Waals surface area contributed by atoms with E-state index in [1.54, 1.807) is 24.0 Å². The Labute approximate surface area is 118 Å². The van der Waals surface area contributed by atoms with E-state index >= 15 is 0 Å². The van der Waals surface area contributed by atoms with Gasteiger partial charge in [0.1, 0.15) is 5.75 Å². The van der Waals surface area contributed by atoms with Crippen LogP contribution in [-0.4, -0.2) is 34.4 Å². The predicted octanol–water partition coefficient (Wildman–Crippen LogP) is 1.57. The van der Waals surface area contributed by atoms with Crippen molar-refractivity contribution >= 4 is 11.8 Å². The van der Waals surface area contributed by atoms with E-state index in [2.05, 4.69) is 0 Å². The second kappa shape index (κ2) is 5.94. The maximum Gasteiger partial charge on any atom is 0.254 e. The molecule has 1 aromatic rings. The molecule has 1 saturated carbocycles. The maximum atomic E-state index is 12.6. The molecule has 0 spiro atoms. The number of nitrogens with two attached hydrogens (primary N) is 1. The van der Waals surface area contributed by atoms with Gasteiger partial charge in [0.25, 0.3) is 5.91 Å². The third kappa shape index (κ3) is 3.10. The molecule has 1 fully saturated rings. The van der Waals surface area contributed by atoms with Crippen LogP contribution in [0.1, 0.15) is 41.6 Å². The number of rotatable bonds is 4. The quantitative estimate of drug-likeness (QED) is 0.875. The van der Waals surface area contributed by atoms with Gasteiger partial charge in [-0.15, -0.1) is 0 Å². The number of aromatic hydroxyl groups is 1. The van der Waals surface area contributed by atoms with Gasteiger partial charge in [-0.05, 0) is 43.5 Å². The monoisotopic (exact) mass is 276 g/mol. The lowest BCUT2D eigenvalue weighted by molar-refractivity contribution is -0.119. The summed E-state index contributed by atoms with van der Waals surface area (Å²) in [5.41, 5.74) is 6.47. The first-order valence-corrected chi connectivity index (χ1v) is 6.88. The Morgan fingerprint density at radius 3 is 2.55 bits per heavy atom. The highest BCUT2D eigenvalue weighted by atomic mass is 16.3. The minimum atomic E-state index is -0.498. The van der Waals surface area contributed by atoms with Crippen LogP contribution >= 0.6 is 0 Å². The van der Waals surface area contributed by atoms with Crippen molar-refractivity contribution in [2.45, 2.75) is 38.6 Å². The SMILES string of the molecule is Cc1cc(O)ccc1C(=O)N(CC(N)=O)C1CCCC1. The van der Waals surface area contributed by atoms with Gasteiger partial charge < -0.3 is 15.7 Å². The van der Waals surface area contributed by atoms with Crippen LogP contribution < -0.4 is 5.73 Å². The number of benzene rings is 1. The standard InChI is InChI=1S/C15H20N2O3/c1-10-8-12(18)6-7-13(10)15(20)17(9-14(16)19)11-4-2-3-5-11/h6-8,11,18H,2-5,9H2,1H3,(H2,16,19). The lowest BCUT2D eigenvalue weighted by atomic mass is 10.1. The Morgan fingerprint density at radius 1 is 1.35 bits per heavy atom. The van der Waals surface area contributed by atoms with E-state index in [1.807, 2.05) is 0 Å². The summed E-state index contributed by atoms with van der Waals surface area (Å²) in [6.45, 7) is 1.72. The van der Waals surface area contributed by atoms with Gasteiger partial charge in [-0.1, -0.05) is 12.8 Å². The van der Waals surface area contributed by atoms with E-state index < -0.39 is 5.91 Å². The zero-order valence-electron chi connectivity index (χ0n) is 11.6. The van der Waals surface area contributed by atoms with Crippen molar-refractivity contribution in [3.63, 3.8) is 0 Å². The molecule has 0 atom stereocenters. The fourth-order valence-corrected chi connectivity index (χ4v) is 2.79. The molecule has 1 aliphatic rings. The van der Waals surface area contributed by atoms with Crippen molar-refractivity contribution in [3.8, 4) is 5.75 Å². The molecule has 2 rings (SSSR count). The number of aryl methyl sites for hydroxylation is 1.